The monoisotopic (exact) mass is 438 g/mol. The average Bonchev–Trinajstić information content (AvgIpc) is 2.66. The summed E-state index contributed by atoms with van der Waals surface area (Å²) in [5.74, 6) is -3.88. The number of rotatable bonds is 4. The number of carbonyl (C=O) groups is 1. The summed E-state index contributed by atoms with van der Waals surface area (Å²) in [7, 11) is 1.33. The Morgan fingerprint density at radius 1 is 0.903 bits per heavy atom. The summed E-state index contributed by atoms with van der Waals surface area (Å²) < 4.78 is 81.3. The second-order valence-corrected chi connectivity index (χ2v) is 6.82. The molecule has 3 aromatic rings. The molecule has 0 aliphatic carbocycles. The molecule has 0 saturated heterocycles. The molecule has 3 rings (SSSR count). The van der Waals surface area contributed by atoms with Crippen molar-refractivity contribution in [3.63, 3.8) is 0 Å². The molecule has 1 amide bonds. The summed E-state index contributed by atoms with van der Waals surface area (Å²) in [4.78, 5) is 13.4. The summed E-state index contributed by atoms with van der Waals surface area (Å²) in [6.45, 7) is 1.48. The van der Waals surface area contributed by atoms with Crippen LogP contribution >= 0.6 is 0 Å². The second kappa shape index (κ2) is 8.33. The van der Waals surface area contributed by atoms with Crippen molar-refractivity contribution in [3.8, 4) is 0 Å². The van der Waals surface area contributed by atoms with E-state index in [2.05, 4.69) is 5.32 Å². The van der Waals surface area contributed by atoms with Gasteiger partial charge in [-0.3, -0.25) is 4.79 Å². The highest BCUT2D eigenvalue weighted by Gasteiger charge is 2.34. The Kier molecular flexibility index (Phi) is 5.97. The van der Waals surface area contributed by atoms with Crippen LogP contribution in [0.1, 0.15) is 21.5 Å². The Hall–Kier alpha value is -3.49. The number of nitrogens with one attached hydrogen (secondary N) is 1. The van der Waals surface area contributed by atoms with Crippen molar-refractivity contribution in [3.05, 3.63) is 88.7 Å². The van der Waals surface area contributed by atoms with Crippen LogP contribution in [0.3, 0.4) is 0 Å². The van der Waals surface area contributed by atoms with E-state index in [-0.39, 0.29) is 11.4 Å². The molecular formula is C22H16F6N2O. The molecule has 0 bridgehead atoms. The number of anilines is 3. The van der Waals surface area contributed by atoms with Crippen molar-refractivity contribution in [2.45, 2.75) is 13.1 Å². The molecule has 0 heterocycles. The summed E-state index contributed by atoms with van der Waals surface area (Å²) >= 11 is 0. The van der Waals surface area contributed by atoms with Crippen molar-refractivity contribution >= 4 is 23.0 Å². The van der Waals surface area contributed by atoms with Gasteiger partial charge in [0.1, 0.15) is 23.0 Å². The highest BCUT2D eigenvalue weighted by Crippen LogP contribution is 2.39. The maximum absolute atomic E-state index is 14.0. The number of hydrogen-bond donors (Lipinski definition) is 1. The molecule has 0 fully saturated rings. The Morgan fingerprint density at radius 3 is 2.03 bits per heavy atom. The van der Waals surface area contributed by atoms with E-state index in [1.807, 2.05) is 0 Å². The lowest BCUT2D eigenvalue weighted by molar-refractivity contribution is -0.137. The third kappa shape index (κ3) is 4.82. The van der Waals surface area contributed by atoms with E-state index < -0.39 is 46.3 Å². The van der Waals surface area contributed by atoms with Gasteiger partial charge in [0.15, 0.2) is 0 Å². The quantitative estimate of drug-likeness (QED) is 0.475. The zero-order valence-electron chi connectivity index (χ0n) is 16.3. The van der Waals surface area contributed by atoms with Crippen LogP contribution in [0, 0.1) is 24.4 Å². The maximum Gasteiger partial charge on any atom is 0.418 e. The molecular weight excluding hydrogens is 422 g/mol. The van der Waals surface area contributed by atoms with Crippen molar-refractivity contribution in [2.75, 3.05) is 17.3 Å². The summed E-state index contributed by atoms with van der Waals surface area (Å²) in [5, 5.41) is 2.33. The van der Waals surface area contributed by atoms with Gasteiger partial charge in [0, 0.05) is 18.4 Å². The molecule has 162 valence electrons. The smallest absolute Gasteiger partial charge is 0.344 e. The van der Waals surface area contributed by atoms with Crippen molar-refractivity contribution in [2.24, 2.45) is 0 Å². The lowest BCUT2D eigenvalue weighted by atomic mass is 10.1. The Bertz CT molecular complexity index is 1100. The molecule has 3 nitrogen and oxygen atoms in total. The van der Waals surface area contributed by atoms with Crippen LogP contribution in [0.4, 0.5) is 43.4 Å². The maximum atomic E-state index is 14.0. The number of benzene rings is 3. The van der Waals surface area contributed by atoms with E-state index in [9.17, 15) is 31.1 Å². The van der Waals surface area contributed by atoms with E-state index in [1.165, 1.54) is 38.2 Å². The fraction of sp³-hybridized carbons (Fsp3) is 0.136. The fourth-order valence-corrected chi connectivity index (χ4v) is 3.04. The first-order chi connectivity index (χ1) is 14.5. The number of hydrogen-bond acceptors (Lipinski definition) is 2. The fourth-order valence-electron chi connectivity index (χ4n) is 3.04. The van der Waals surface area contributed by atoms with Crippen LogP contribution < -0.4 is 10.2 Å². The Morgan fingerprint density at radius 2 is 1.48 bits per heavy atom. The predicted octanol–water partition coefficient (Wildman–Crippen LogP) is 6.45. The molecule has 0 aliphatic rings. The van der Waals surface area contributed by atoms with Gasteiger partial charge >= 0.3 is 6.18 Å². The molecule has 0 unspecified atom stereocenters. The SMILES string of the molecule is Cc1cc(F)c(C(=O)Nc2ccc(N(C)c3cc(F)ccc3C(F)(F)F)cc2)c(F)c1. The minimum absolute atomic E-state index is 0.164. The molecule has 0 atom stereocenters. The molecule has 3 aromatic carbocycles. The normalized spacial score (nSPS) is 11.4. The van der Waals surface area contributed by atoms with Gasteiger partial charge in [-0.2, -0.15) is 13.2 Å². The second-order valence-electron chi connectivity index (χ2n) is 6.82. The lowest BCUT2D eigenvalue weighted by Gasteiger charge is -2.24. The van der Waals surface area contributed by atoms with Gasteiger partial charge < -0.3 is 10.2 Å². The first kappa shape index (κ1) is 22.2. The third-order valence-electron chi connectivity index (χ3n) is 4.55. The summed E-state index contributed by atoms with van der Waals surface area (Å²) in [6.07, 6.45) is -4.69. The molecule has 9 heteroatoms. The number of alkyl halides is 3. The van der Waals surface area contributed by atoms with Crippen LogP contribution in [-0.4, -0.2) is 13.0 Å². The zero-order valence-corrected chi connectivity index (χ0v) is 16.3. The molecule has 0 aromatic heterocycles. The van der Waals surface area contributed by atoms with Crippen molar-refractivity contribution in [1.29, 1.82) is 0 Å². The van der Waals surface area contributed by atoms with E-state index in [0.29, 0.717) is 11.6 Å². The first-order valence-electron chi connectivity index (χ1n) is 8.95. The van der Waals surface area contributed by atoms with E-state index >= 15 is 0 Å². The minimum Gasteiger partial charge on any atom is -0.344 e. The summed E-state index contributed by atoms with van der Waals surface area (Å²) in [5.41, 5.74) is -1.42. The zero-order chi connectivity index (χ0) is 22.9. The molecule has 0 saturated carbocycles. The average molecular weight is 438 g/mol. The van der Waals surface area contributed by atoms with E-state index in [1.54, 1.807) is 0 Å². The van der Waals surface area contributed by atoms with Gasteiger partial charge in [-0.1, -0.05) is 0 Å². The van der Waals surface area contributed by atoms with Crippen LogP contribution in [0.5, 0.6) is 0 Å². The number of aryl methyl sites for hydroxylation is 1. The van der Waals surface area contributed by atoms with E-state index in [0.717, 1.165) is 29.2 Å². The topological polar surface area (TPSA) is 32.3 Å². The molecule has 1 N–H and O–H groups in total. The van der Waals surface area contributed by atoms with Gasteiger partial charge in [0.25, 0.3) is 5.91 Å². The van der Waals surface area contributed by atoms with Gasteiger partial charge in [-0.15, -0.1) is 0 Å². The number of amides is 1. The Labute approximate surface area is 173 Å². The highest BCUT2D eigenvalue weighted by atomic mass is 19.4. The lowest BCUT2D eigenvalue weighted by Crippen LogP contribution is -2.18. The molecule has 0 spiro atoms. The highest BCUT2D eigenvalue weighted by molar-refractivity contribution is 6.04. The van der Waals surface area contributed by atoms with Gasteiger partial charge in [-0.25, -0.2) is 13.2 Å². The minimum atomic E-state index is -4.69. The largest absolute Gasteiger partial charge is 0.418 e. The predicted molar refractivity (Wildman–Crippen MR) is 105 cm³/mol. The number of nitrogens with zero attached hydrogens (tertiary/aromatic N) is 1. The van der Waals surface area contributed by atoms with Crippen molar-refractivity contribution in [1.82, 2.24) is 0 Å². The molecule has 31 heavy (non-hydrogen) atoms. The standard InChI is InChI=1S/C22H16F6N2O/c1-12-9-17(24)20(18(25)10-12)21(31)29-14-4-6-15(7-5-14)30(2)19-11-13(23)3-8-16(19)22(26,27)28/h3-11H,1-2H3,(H,29,31). The van der Waals surface area contributed by atoms with Gasteiger partial charge in [0.05, 0.1) is 11.3 Å². The number of halogens is 6. The Balaban J connectivity index is 1.85. The van der Waals surface area contributed by atoms with Crippen LogP contribution in [0.2, 0.25) is 0 Å². The van der Waals surface area contributed by atoms with Gasteiger partial charge in [-0.05, 0) is 67.1 Å². The number of carbonyl (C=O) groups excluding carboxylic acids is 1. The van der Waals surface area contributed by atoms with E-state index in [4.69, 9.17) is 0 Å². The van der Waals surface area contributed by atoms with Crippen LogP contribution in [0.25, 0.3) is 0 Å². The van der Waals surface area contributed by atoms with Crippen LogP contribution in [-0.2, 0) is 6.18 Å². The summed E-state index contributed by atoms with van der Waals surface area (Å²) in [6, 6.07) is 9.64. The van der Waals surface area contributed by atoms with Crippen molar-refractivity contribution < 1.29 is 31.1 Å². The molecule has 0 aliphatic heterocycles. The van der Waals surface area contributed by atoms with Gasteiger partial charge in [0.2, 0.25) is 0 Å². The first-order valence-corrected chi connectivity index (χ1v) is 8.95. The third-order valence-corrected chi connectivity index (χ3v) is 4.55. The van der Waals surface area contributed by atoms with Crippen LogP contribution in [0.15, 0.2) is 54.6 Å². The molecule has 0 radical (unpaired) electrons.